The predicted octanol–water partition coefficient (Wildman–Crippen LogP) is 5.24. The van der Waals surface area contributed by atoms with Crippen molar-refractivity contribution >= 4 is 33.9 Å². The molecule has 3 rings (SSSR count). The van der Waals surface area contributed by atoms with Crippen LogP contribution in [0.5, 0.6) is 0 Å². The molecule has 0 atom stereocenters. The molecule has 0 spiro atoms. The molecule has 0 aliphatic heterocycles. The second kappa shape index (κ2) is 5.82. The third kappa shape index (κ3) is 2.69. The van der Waals surface area contributed by atoms with Crippen LogP contribution in [0, 0.1) is 10.7 Å². The van der Waals surface area contributed by atoms with Crippen LogP contribution in [0.25, 0.3) is 11.1 Å². The number of hydrogen-bond donors (Lipinski definition) is 0. The van der Waals surface area contributed by atoms with Crippen LogP contribution in [-0.4, -0.2) is 4.98 Å². The molecule has 1 heterocycles. The predicted molar refractivity (Wildman–Crippen MR) is 80.8 cm³/mol. The van der Waals surface area contributed by atoms with Crippen LogP contribution in [0.2, 0.25) is 0 Å². The fourth-order valence-corrected chi connectivity index (χ4v) is 2.94. The molecular formula is C14H8N4S2. The van der Waals surface area contributed by atoms with Gasteiger partial charge in [0.2, 0.25) is 5.13 Å². The van der Waals surface area contributed by atoms with Crippen molar-refractivity contribution in [3.63, 3.8) is 0 Å². The van der Waals surface area contributed by atoms with Crippen molar-refractivity contribution in [3.05, 3.63) is 48.7 Å². The third-order valence-electron chi connectivity index (χ3n) is 2.63. The Hall–Kier alpha value is -2.23. The van der Waals surface area contributed by atoms with Crippen LogP contribution in [0.3, 0.4) is 0 Å². The number of fused-ring (bicyclic) bond motifs is 1. The SMILES string of the molecule is N#CSc1cnc(N=Nc2ccc3cccccc2-3)s1. The van der Waals surface area contributed by atoms with Crippen LogP contribution in [0.4, 0.5) is 10.8 Å². The van der Waals surface area contributed by atoms with Gasteiger partial charge < -0.3 is 0 Å². The van der Waals surface area contributed by atoms with E-state index < -0.39 is 0 Å². The average molecular weight is 296 g/mol. The largest absolute Gasteiger partial charge is 0.231 e. The van der Waals surface area contributed by atoms with E-state index in [-0.39, 0.29) is 0 Å². The number of nitrogens with zero attached hydrogens (tertiary/aromatic N) is 4. The summed E-state index contributed by atoms with van der Waals surface area (Å²) in [4.78, 5) is 4.11. The number of hydrogen-bond acceptors (Lipinski definition) is 6. The van der Waals surface area contributed by atoms with Crippen molar-refractivity contribution in [2.45, 2.75) is 4.21 Å². The first-order valence-electron chi connectivity index (χ1n) is 5.78. The number of rotatable bonds is 3. The molecule has 6 heteroatoms. The second-order valence-corrected chi connectivity index (χ2v) is 5.95. The molecule has 0 aromatic carbocycles. The van der Waals surface area contributed by atoms with E-state index in [1.807, 2.05) is 47.9 Å². The first kappa shape index (κ1) is 12.8. The van der Waals surface area contributed by atoms with Crippen molar-refractivity contribution in [1.29, 1.82) is 5.26 Å². The highest BCUT2D eigenvalue weighted by Crippen LogP contribution is 2.35. The molecule has 0 amide bonds. The zero-order chi connectivity index (χ0) is 13.8. The lowest BCUT2D eigenvalue weighted by Gasteiger charge is -1.92. The molecule has 0 fully saturated rings. The Kier molecular flexibility index (Phi) is 3.72. The van der Waals surface area contributed by atoms with E-state index in [1.165, 1.54) is 11.3 Å². The molecule has 4 nitrogen and oxygen atoms in total. The van der Waals surface area contributed by atoms with Gasteiger partial charge in [-0.3, -0.25) is 0 Å². The van der Waals surface area contributed by atoms with Crippen LogP contribution in [0.15, 0.2) is 63.1 Å². The van der Waals surface area contributed by atoms with Gasteiger partial charge in [0.05, 0.1) is 16.1 Å². The molecule has 0 saturated heterocycles. The van der Waals surface area contributed by atoms with Crippen LogP contribution < -0.4 is 0 Å². The summed E-state index contributed by atoms with van der Waals surface area (Å²) in [5.41, 5.74) is 3.01. The maximum Gasteiger partial charge on any atom is 0.231 e. The lowest BCUT2D eigenvalue weighted by atomic mass is 10.2. The summed E-state index contributed by atoms with van der Waals surface area (Å²) in [5.74, 6) is 0. The van der Waals surface area contributed by atoms with Crippen molar-refractivity contribution in [2.75, 3.05) is 0 Å². The van der Waals surface area contributed by atoms with E-state index in [4.69, 9.17) is 5.26 Å². The van der Waals surface area contributed by atoms with Crippen molar-refractivity contribution < 1.29 is 0 Å². The second-order valence-electron chi connectivity index (χ2n) is 3.85. The molecule has 0 saturated carbocycles. The zero-order valence-corrected chi connectivity index (χ0v) is 11.9. The maximum absolute atomic E-state index is 8.59. The van der Waals surface area contributed by atoms with Gasteiger partial charge in [-0.25, -0.2) is 4.98 Å². The monoisotopic (exact) mass is 296 g/mol. The van der Waals surface area contributed by atoms with Crippen molar-refractivity contribution in [1.82, 2.24) is 4.98 Å². The van der Waals surface area contributed by atoms with Gasteiger partial charge in [0.25, 0.3) is 0 Å². The summed E-state index contributed by atoms with van der Waals surface area (Å²) in [6.45, 7) is 0. The summed E-state index contributed by atoms with van der Waals surface area (Å²) >= 11 is 2.43. The molecule has 96 valence electrons. The Labute approximate surface area is 124 Å². The molecule has 2 aliphatic rings. The van der Waals surface area contributed by atoms with E-state index in [9.17, 15) is 0 Å². The fraction of sp³-hybridized carbons (Fsp3) is 0. The fourth-order valence-electron chi connectivity index (χ4n) is 1.77. The first-order chi connectivity index (χ1) is 9.86. The lowest BCUT2D eigenvalue weighted by Crippen LogP contribution is -1.65. The van der Waals surface area contributed by atoms with Gasteiger partial charge in [-0.1, -0.05) is 47.7 Å². The molecule has 20 heavy (non-hydrogen) atoms. The van der Waals surface area contributed by atoms with E-state index in [2.05, 4.69) is 15.2 Å². The smallest absolute Gasteiger partial charge is 0.224 e. The van der Waals surface area contributed by atoms with E-state index in [1.54, 1.807) is 6.20 Å². The minimum Gasteiger partial charge on any atom is -0.224 e. The highest BCUT2D eigenvalue weighted by Gasteiger charge is 2.07. The summed E-state index contributed by atoms with van der Waals surface area (Å²) in [6, 6.07) is 14.0. The highest BCUT2D eigenvalue weighted by molar-refractivity contribution is 8.05. The number of azo groups is 1. The number of thioether (sulfide) groups is 1. The van der Waals surface area contributed by atoms with Crippen molar-refractivity contribution in [3.8, 4) is 16.5 Å². The molecular weight excluding hydrogens is 288 g/mol. The standard InChI is InChI=1S/C14H8N4S2/c15-9-19-13-8-16-14(20-13)18-17-12-7-6-10-4-2-1-3-5-11(10)12/h1-8H. The van der Waals surface area contributed by atoms with Gasteiger partial charge in [-0.15, -0.1) is 10.2 Å². The molecule has 0 radical (unpaired) electrons. The number of nitriles is 1. The van der Waals surface area contributed by atoms with E-state index >= 15 is 0 Å². The van der Waals surface area contributed by atoms with Gasteiger partial charge in [0.15, 0.2) is 0 Å². The highest BCUT2D eigenvalue weighted by atomic mass is 32.2. The number of aromatic nitrogens is 1. The van der Waals surface area contributed by atoms with Gasteiger partial charge in [0, 0.05) is 17.3 Å². The van der Waals surface area contributed by atoms with Crippen LogP contribution >= 0.6 is 23.1 Å². The first-order valence-corrected chi connectivity index (χ1v) is 7.41. The minimum absolute atomic E-state index is 0.553. The molecule has 1 aromatic rings. The molecule has 2 aliphatic carbocycles. The Morgan fingerprint density at radius 2 is 2.00 bits per heavy atom. The quantitative estimate of drug-likeness (QED) is 0.377. The summed E-state index contributed by atoms with van der Waals surface area (Å²) < 4.78 is 0.820. The topological polar surface area (TPSA) is 61.4 Å². The van der Waals surface area contributed by atoms with Crippen LogP contribution in [0.1, 0.15) is 0 Å². The molecule has 1 aromatic heterocycles. The Morgan fingerprint density at radius 1 is 1.10 bits per heavy atom. The molecule has 0 N–H and O–H groups in total. The van der Waals surface area contributed by atoms with Crippen LogP contribution in [-0.2, 0) is 0 Å². The van der Waals surface area contributed by atoms with Gasteiger partial charge in [0.1, 0.15) is 5.40 Å². The summed E-state index contributed by atoms with van der Waals surface area (Å²) in [7, 11) is 0. The Morgan fingerprint density at radius 3 is 2.90 bits per heavy atom. The van der Waals surface area contributed by atoms with Gasteiger partial charge >= 0.3 is 0 Å². The number of thiocyanates is 1. The van der Waals surface area contributed by atoms with E-state index in [0.717, 1.165) is 32.8 Å². The van der Waals surface area contributed by atoms with Crippen molar-refractivity contribution in [2.24, 2.45) is 10.2 Å². The minimum atomic E-state index is 0.553. The van der Waals surface area contributed by atoms with Gasteiger partial charge in [-0.2, -0.15) is 5.26 Å². The summed E-state index contributed by atoms with van der Waals surface area (Å²) in [5, 5.41) is 19.5. The summed E-state index contributed by atoms with van der Waals surface area (Å²) in [6.07, 6.45) is 1.63. The molecule has 0 bridgehead atoms. The Bertz CT molecular complexity index is 773. The van der Waals surface area contributed by atoms with Gasteiger partial charge in [-0.05, 0) is 11.6 Å². The zero-order valence-electron chi connectivity index (χ0n) is 10.2. The molecule has 0 unspecified atom stereocenters. The average Bonchev–Trinajstić information content (AvgIpc) is 2.98. The third-order valence-corrected chi connectivity index (χ3v) is 4.20. The normalized spacial score (nSPS) is 10.9. The van der Waals surface area contributed by atoms with E-state index in [0.29, 0.717) is 5.13 Å². The maximum atomic E-state index is 8.59. The number of thiazole rings is 1. The lowest BCUT2D eigenvalue weighted by molar-refractivity contribution is 1.20. The Balaban J connectivity index is 1.86.